The van der Waals surface area contributed by atoms with Gasteiger partial charge in [0.1, 0.15) is 0 Å². The second kappa shape index (κ2) is 7.07. The molecule has 0 radical (unpaired) electrons. The second-order valence-electron chi connectivity index (χ2n) is 6.59. The van der Waals surface area contributed by atoms with Crippen LogP contribution in [0.4, 0.5) is 0 Å². The Labute approximate surface area is 151 Å². The monoisotopic (exact) mass is 348 g/mol. The third kappa shape index (κ3) is 3.35. The molecule has 1 aromatic carbocycles. The minimum Gasteiger partial charge on any atom is -0.421 e. The van der Waals surface area contributed by atoms with E-state index in [1.54, 1.807) is 19.3 Å². The lowest BCUT2D eigenvalue weighted by atomic mass is 9.99. The third-order valence-corrected chi connectivity index (χ3v) is 4.68. The van der Waals surface area contributed by atoms with Crippen LogP contribution in [0.5, 0.6) is 0 Å². The van der Waals surface area contributed by atoms with Gasteiger partial charge in [-0.3, -0.25) is 9.78 Å². The van der Waals surface area contributed by atoms with Crippen molar-refractivity contribution in [3.8, 4) is 22.6 Å². The molecule has 4 rings (SSSR count). The van der Waals surface area contributed by atoms with Gasteiger partial charge < -0.3 is 9.73 Å². The van der Waals surface area contributed by atoms with E-state index in [0.29, 0.717) is 17.3 Å². The van der Waals surface area contributed by atoms with E-state index in [1.807, 2.05) is 30.3 Å². The van der Waals surface area contributed by atoms with Gasteiger partial charge in [0, 0.05) is 36.5 Å². The van der Waals surface area contributed by atoms with Crippen LogP contribution in [0.1, 0.15) is 41.9 Å². The zero-order valence-corrected chi connectivity index (χ0v) is 14.6. The summed E-state index contributed by atoms with van der Waals surface area (Å²) in [5.41, 5.74) is 3.07. The van der Waals surface area contributed by atoms with E-state index in [4.69, 9.17) is 4.42 Å². The summed E-state index contributed by atoms with van der Waals surface area (Å²) >= 11 is 0. The Balaban J connectivity index is 1.66. The average Bonchev–Trinajstić information content (AvgIpc) is 3.33. The molecule has 1 fully saturated rings. The van der Waals surface area contributed by atoms with E-state index in [0.717, 1.165) is 29.5 Å². The summed E-state index contributed by atoms with van der Waals surface area (Å²) in [4.78, 5) is 17.1. The van der Waals surface area contributed by atoms with E-state index in [9.17, 15) is 4.79 Å². The molecule has 1 aliphatic carbocycles. The van der Waals surface area contributed by atoms with Crippen molar-refractivity contribution >= 4 is 5.91 Å². The molecule has 1 N–H and O–H groups in total. The molecule has 3 aromatic rings. The van der Waals surface area contributed by atoms with Gasteiger partial charge in [-0.15, -0.1) is 10.2 Å². The summed E-state index contributed by atoms with van der Waals surface area (Å²) in [7, 11) is 0. The van der Waals surface area contributed by atoms with Gasteiger partial charge >= 0.3 is 0 Å². The number of amides is 1. The molecule has 1 aliphatic rings. The maximum atomic E-state index is 12.8. The first-order valence-corrected chi connectivity index (χ1v) is 8.86. The van der Waals surface area contributed by atoms with Crippen molar-refractivity contribution in [3.05, 3.63) is 54.2 Å². The summed E-state index contributed by atoms with van der Waals surface area (Å²) in [6.45, 7) is 1.75. The predicted molar refractivity (Wildman–Crippen MR) is 97.4 cm³/mol. The normalized spacial score (nSPS) is 14.5. The third-order valence-electron chi connectivity index (χ3n) is 4.68. The maximum absolute atomic E-state index is 12.8. The van der Waals surface area contributed by atoms with Crippen molar-refractivity contribution in [3.63, 3.8) is 0 Å². The van der Waals surface area contributed by atoms with Crippen molar-refractivity contribution < 1.29 is 9.21 Å². The first kappa shape index (κ1) is 16.4. The quantitative estimate of drug-likeness (QED) is 0.776. The Hall–Kier alpha value is -3.02. The van der Waals surface area contributed by atoms with Crippen LogP contribution in [0.2, 0.25) is 0 Å². The number of aromatic nitrogens is 3. The van der Waals surface area contributed by atoms with Crippen LogP contribution >= 0.6 is 0 Å². The van der Waals surface area contributed by atoms with Gasteiger partial charge in [0.15, 0.2) is 0 Å². The molecule has 132 valence electrons. The number of rotatable bonds is 4. The average molecular weight is 348 g/mol. The molecule has 0 bridgehead atoms. The first-order valence-electron chi connectivity index (χ1n) is 8.86. The summed E-state index contributed by atoms with van der Waals surface area (Å²) in [5, 5.41) is 11.1. The van der Waals surface area contributed by atoms with Gasteiger partial charge in [0.25, 0.3) is 5.91 Å². The van der Waals surface area contributed by atoms with Crippen molar-refractivity contribution in [2.45, 2.75) is 38.6 Å². The second-order valence-corrected chi connectivity index (χ2v) is 6.59. The number of carbonyl (C=O) groups is 1. The van der Waals surface area contributed by atoms with Crippen molar-refractivity contribution in [2.24, 2.45) is 0 Å². The lowest BCUT2D eigenvalue weighted by molar-refractivity contribution is 0.0938. The van der Waals surface area contributed by atoms with Gasteiger partial charge in [-0.2, -0.15) is 0 Å². The lowest BCUT2D eigenvalue weighted by Gasteiger charge is -2.14. The zero-order chi connectivity index (χ0) is 17.9. The van der Waals surface area contributed by atoms with Crippen molar-refractivity contribution in [2.75, 3.05) is 0 Å². The van der Waals surface area contributed by atoms with E-state index >= 15 is 0 Å². The molecule has 0 unspecified atom stereocenters. The van der Waals surface area contributed by atoms with Crippen molar-refractivity contribution in [1.82, 2.24) is 20.5 Å². The van der Waals surface area contributed by atoms with Gasteiger partial charge in [0.05, 0.1) is 5.56 Å². The molecule has 0 atom stereocenters. The number of pyridine rings is 1. The summed E-state index contributed by atoms with van der Waals surface area (Å²) in [6.07, 6.45) is 7.90. The van der Waals surface area contributed by atoms with Crippen LogP contribution in [0, 0.1) is 6.92 Å². The minimum atomic E-state index is -0.0356. The van der Waals surface area contributed by atoms with Crippen LogP contribution in [0.3, 0.4) is 0 Å². The maximum Gasteiger partial charge on any atom is 0.252 e. The largest absolute Gasteiger partial charge is 0.421 e. The van der Waals surface area contributed by atoms with Gasteiger partial charge in [-0.1, -0.05) is 31.0 Å². The van der Waals surface area contributed by atoms with E-state index in [1.165, 1.54) is 12.8 Å². The van der Waals surface area contributed by atoms with Crippen molar-refractivity contribution in [1.29, 1.82) is 0 Å². The number of carbonyl (C=O) groups excluding carboxylic acids is 1. The Bertz CT molecular complexity index is 929. The van der Waals surface area contributed by atoms with E-state index < -0.39 is 0 Å². The number of nitrogens with one attached hydrogen (secondary N) is 1. The van der Waals surface area contributed by atoms with Gasteiger partial charge in [-0.05, 0) is 30.5 Å². The van der Waals surface area contributed by atoms with Crippen LogP contribution in [-0.2, 0) is 0 Å². The van der Waals surface area contributed by atoms with Gasteiger partial charge in [0.2, 0.25) is 11.8 Å². The number of nitrogens with zero attached hydrogens (tertiary/aromatic N) is 3. The molecule has 6 nitrogen and oxygen atoms in total. The standard InChI is InChI=1S/C20H20N4O2/c1-13-23-24-20(26-13)15-10-14(11-21-12-15)17-8-4-5-9-18(17)19(25)22-16-6-2-3-7-16/h4-5,8-12,16H,2-3,6-7H2,1H3,(H,22,25). The highest BCUT2D eigenvalue weighted by molar-refractivity contribution is 6.01. The van der Waals surface area contributed by atoms with E-state index in [-0.39, 0.29) is 11.9 Å². The molecule has 0 spiro atoms. The number of aryl methyl sites for hydroxylation is 1. The molecule has 1 saturated carbocycles. The molecular formula is C20H20N4O2. The molecule has 0 saturated heterocycles. The Morgan fingerprint density at radius 3 is 2.65 bits per heavy atom. The van der Waals surface area contributed by atoms with Crippen LogP contribution in [0.25, 0.3) is 22.6 Å². The minimum absolute atomic E-state index is 0.0356. The Morgan fingerprint density at radius 1 is 1.12 bits per heavy atom. The lowest BCUT2D eigenvalue weighted by Crippen LogP contribution is -2.32. The fourth-order valence-electron chi connectivity index (χ4n) is 3.38. The zero-order valence-electron chi connectivity index (χ0n) is 14.6. The molecule has 0 aliphatic heterocycles. The van der Waals surface area contributed by atoms with Gasteiger partial charge in [-0.25, -0.2) is 0 Å². The molecule has 1 amide bonds. The molecule has 6 heteroatoms. The summed E-state index contributed by atoms with van der Waals surface area (Å²) < 4.78 is 5.49. The van der Waals surface area contributed by atoms with Crippen LogP contribution in [-0.4, -0.2) is 27.1 Å². The topological polar surface area (TPSA) is 80.9 Å². The molecule has 26 heavy (non-hydrogen) atoms. The highest BCUT2D eigenvalue weighted by Gasteiger charge is 2.20. The molecular weight excluding hydrogens is 328 g/mol. The Morgan fingerprint density at radius 2 is 1.88 bits per heavy atom. The fourth-order valence-corrected chi connectivity index (χ4v) is 3.38. The highest BCUT2D eigenvalue weighted by Crippen LogP contribution is 2.28. The fraction of sp³-hybridized carbons (Fsp3) is 0.300. The molecule has 2 heterocycles. The summed E-state index contributed by atoms with van der Waals surface area (Å²) in [6, 6.07) is 9.78. The van der Waals surface area contributed by atoms with Crippen LogP contribution in [0.15, 0.2) is 47.1 Å². The smallest absolute Gasteiger partial charge is 0.252 e. The SMILES string of the molecule is Cc1nnc(-c2cncc(-c3ccccc3C(=O)NC3CCCC3)c2)o1. The summed E-state index contributed by atoms with van der Waals surface area (Å²) in [5.74, 6) is 0.887. The number of benzene rings is 1. The predicted octanol–water partition coefficient (Wildman–Crippen LogP) is 3.78. The number of hydrogen-bond donors (Lipinski definition) is 1. The number of hydrogen-bond acceptors (Lipinski definition) is 5. The highest BCUT2D eigenvalue weighted by atomic mass is 16.4. The Kier molecular flexibility index (Phi) is 4.48. The van der Waals surface area contributed by atoms with Crippen LogP contribution < -0.4 is 5.32 Å². The van der Waals surface area contributed by atoms with E-state index in [2.05, 4.69) is 20.5 Å². The molecule has 2 aromatic heterocycles. The first-order chi connectivity index (χ1) is 12.7.